The van der Waals surface area contributed by atoms with Crippen LogP contribution in [0.25, 0.3) is 5.57 Å². The Balaban J connectivity index is 1.60. The zero-order valence-corrected chi connectivity index (χ0v) is 20.0. The number of nitrogens with one attached hydrogen (secondary N) is 1. The number of benzene rings is 2. The highest BCUT2D eigenvalue weighted by molar-refractivity contribution is 8.26. The van der Waals surface area contributed by atoms with Crippen molar-refractivity contribution in [1.29, 1.82) is 0 Å². The summed E-state index contributed by atoms with van der Waals surface area (Å²) in [4.78, 5) is 52.8. The normalized spacial score (nSPS) is 17.4. The molecule has 2 aromatic carbocycles. The molecular formula is C23H18ClN3O5S2. The number of rotatable bonds is 7. The van der Waals surface area contributed by atoms with Crippen molar-refractivity contribution in [3.63, 3.8) is 0 Å². The van der Waals surface area contributed by atoms with E-state index in [1.165, 1.54) is 9.80 Å². The van der Waals surface area contributed by atoms with E-state index in [2.05, 4.69) is 5.32 Å². The molecular weight excluding hydrogens is 498 g/mol. The predicted octanol–water partition coefficient (Wildman–Crippen LogP) is 3.76. The molecule has 1 fully saturated rings. The number of carbonyl (C=O) groups excluding carboxylic acids is 3. The number of carboxylic acids is 1. The molecule has 3 amide bonds. The standard InChI is InChI=1S/C23H18ClN3O5S2/c24-14-7-2-3-8-15(14)25-17(28)12-27-16-9-4-1-6-13(16)19(21(27)31)20-22(32)26(23(33)34-20)11-5-10-18(29)30/h1-4,6-9H,5,10-12H2,(H,25,28)(H,29,30)/b20-19-. The fourth-order valence-corrected chi connectivity index (χ4v) is 5.25. The van der Waals surface area contributed by atoms with Crippen LogP contribution in [0.1, 0.15) is 18.4 Å². The second-order valence-electron chi connectivity index (χ2n) is 7.46. The maximum atomic E-state index is 13.4. The van der Waals surface area contributed by atoms with Crippen molar-refractivity contribution in [2.24, 2.45) is 0 Å². The number of halogens is 1. The Morgan fingerprint density at radius 1 is 1.03 bits per heavy atom. The number of carboxylic acid groups (broad SMARTS) is 1. The van der Waals surface area contributed by atoms with Crippen LogP contribution in [0.3, 0.4) is 0 Å². The van der Waals surface area contributed by atoms with Crippen LogP contribution in [0, 0.1) is 0 Å². The van der Waals surface area contributed by atoms with Gasteiger partial charge in [-0.05, 0) is 24.6 Å². The van der Waals surface area contributed by atoms with Gasteiger partial charge in [0.2, 0.25) is 5.91 Å². The van der Waals surface area contributed by atoms with Gasteiger partial charge in [0.05, 0.1) is 26.9 Å². The summed E-state index contributed by atoms with van der Waals surface area (Å²) in [7, 11) is 0. The van der Waals surface area contributed by atoms with E-state index in [9.17, 15) is 19.2 Å². The summed E-state index contributed by atoms with van der Waals surface area (Å²) in [6, 6.07) is 13.7. The average Bonchev–Trinajstić information content (AvgIpc) is 3.22. The lowest BCUT2D eigenvalue weighted by Crippen LogP contribution is -2.35. The van der Waals surface area contributed by atoms with Crippen molar-refractivity contribution in [2.45, 2.75) is 12.8 Å². The first-order valence-corrected chi connectivity index (χ1v) is 11.8. The summed E-state index contributed by atoms with van der Waals surface area (Å²) >= 11 is 12.4. The minimum Gasteiger partial charge on any atom is -0.481 e. The van der Waals surface area contributed by atoms with Crippen molar-refractivity contribution >= 4 is 80.5 Å². The molecule has 0 radical (unpaired) electrons. The maximum absolute atomic E-state index is 13.4. The van der Waals surface area contributed by atoms with Crippen molar-refractivity contribution < 1.29 is 24.3 Å². The van der Waals surface area contributed by atoms with E-state index in [1.807, 2.05) is 0 Å². The zero-order valence-electron chi connectivity index (χ0n) is 17.6. The molecule has 11 heteroatoms. The maximum Gasteiger partial charge on any atom is 0.303 e. The summed E-state index contributed by atoms with van der Waals surface area (Å²) in [5.74, 6) is -2.34. The molecule has 0 saturated carbocycles. The molecule has 34 heavy (non-hydrogen) atoms. The molecule has 0 bridgehead atoms. The number of thiocarbonyl (C=S) groups is 1. The summed E-state index contributed by atoms with van der Waals surface area (Å²) in [6.07, 6.45) is 0.141. The van der Waals surface area contributed by atoms with Crippen LogP contribution in [0.2, 0.25) is 5.02 Å². The zero-order chi connectivity index (χ0) is 24.4. The molecule has 4 rings (SSSR count). The highest BCUT2D eigenvalue weighted by Crippen LogP contribution is 2.44. The lowest BCUT2D eigenvalue weighted by molar-refractivity contribution is -0.137. The number of thioether (sulfide) groups is 1. The van der Waals surface area contributed by atoms with E-state index < -0.39 is 23.7 Å². The summed E-state index contributed by atoms with van der Waals surface area (Å²) in [5, 5.41) is 11.9. The lowest BCUT2D eigenvalue weighted by Gasteiger charge is -2.17. The van der Waals surface area contributed by atoms with Crippen molar-refractivity contribution in [3.8, 4) is 0 Å². The Morgan fingerprint density at radius 2 is 1.74 bits per heavy atom. The van der Waals surface area contributed by atoms with Gasteiger partial charge in [-0.25, -0.2) is 0 Å². The topological polar surface area (TPSA) is 107 Å². The van der Waals surface area contributed by atoms with Crippen LogP contribution in [0.15, 0.2) is 53.4 Å². The predicted molar refractivity (Wildman–Crippen MR) is 135 cm³/mol. The van der Waals surface area contributed by atoms with Crippen molar-refractivity contribution in [2.75, 3.05) is 23.3 Å². The van der Waals surface area contributed by atoms with Gasteiger partial charge in [-0.3, -0.25) is 29.0 Å². The number of nitrogens with zero attached hydrogens (tertiary/aromatic N) is 2. The number of hydrogen-bond donors (Lipinski definition) is 2. The van der Waals surface area contributed by atoms with Gasteiger partial charge in [-0.15, -0.1) is 0 Å². The molecule has 2 heterocycles. The van der Waals surface area contributed by atoms with E-state index in [1.54, 1.807) is 48.5 Å². The van der Waals surface area contributed by atoms with Gasteiger partial charge in [-0.1, -0.05) is 65.9 Å². The van der Waals surface area contributed by atoms with E-state index in [4.69, 9.17) is 28.9 Å². The third-order valence-electron chi connectivity index (χ3n) is 5.22. The minimum atomic E-state index is -0.964. The van der Waals surface area contributed by atoms with Crippen LogP contribution in [-0.2, 0) is 19.2 Å². The Labute approximate surface area is 209 Å². The molecule has 0 unspecified atom stereocenters. The Bertz CT molecular complexity index is 1260. The molecule has 2 N–H and O–H groups in total. The van der Waals surface area contributed by atoms with Gasteiger partial charge >= 0.3 is 5.97 Å². The first kappa shape index (κ1) is 23.9. The first-order chi connectivity index (χ1) is 16.3. The number of carbonyl (C=O) groups is 4. The smallest absolute Gasteiger partial charge is 0.303 e. The third-order valence-corrected chi connectivity index (χ3v) is 7.00. The van der Waals surface area contributed by atoms with Gasteiger partial charge in [0.25, 0.3) is 11.8 Å². The second-order valence-corrected chi connectivity index (χ2v) is 9.51. The number of amides is 3. The van der Waals surface area contributed by atoms with E-state index in [0.717, 1.165) is 11.8 Å². The monoisotopic (exact) mass is 515 g/mol. The molecule has 0 spiro atoms. The van der Waals surface area contributed by atoms with Crippen LogP contribution in [0.4, 0.5) is 11.4 Å². The van der Waals surface area contributed by atoms with Crippen LogP contribution in [0.5, 0.6) is 0 Å². The number of aliphatic carboxylic acids is 1. The molecule has 174 valence electrons. The van der Waals surface area contributed by atoms with Gasteiger partial charge < -0.3 is 10.4 Å². The number of fused-ring (bicyclic) bond motifs is 1. The fraction of sp³-hybridized carbons (Fsp3) is 0.174. The van der Waals surface area contributed by atoms with E-state index in [0.29, 0.717) is 22.0 Å². The van der Waals surface area contributed by atoms with Crippen molar-refractivity contribution in [3.05, 3.63) is 64.0 Å². The molecule has 2 aliphatic heterocycles. The van der Waals surface area contributed by atoms with Crippen LogP contribution in [-0.4, -0.2) is 51.1 Å². The fourth-order valence-electron chi connectivity index (χ4n) is 3.68. The lowest BCUT2D eigenvalue weighted by atomic mass is 10.1. The number of para-hydroxylation sites is 2. The SMILES string of the molecule is O=C(O)CCCN1C(=O)/C(=C2/C(=O)N(CC(=O)Nc3ccccc3Cl)c3ccccc32)SC1=S. The summed E-state index contributed by atoms with van der Waals surface area (Å²) in [6.45, 7) is -0.128. The molecule has 0 aliphatic carbocycles. The Morgan fingerprint density at radius 3 is 2.47 bits per heavy atom. The van der Waals surface area contributed by atoms with Crippen molar-refractivity contribution in [1.82, 2.24) is 4.90 Å². The largest absolute Gasteiger partial charge is 0.481 e. The molecule has 0 atom stereocenters. The molecule has 2 aromatic rings. The quantitative estimate of drug-likeness (QED) is 0.427. The summed E-state index contributed by atoms with van der Waals surface area (Å²) in [5.41, 5.74) is 1.65. The molecule has 8 nitrogen and oxygen atoms in total. The van der Waals surface area contributed by atoms with E-state index in [-0.39, 0.29) is 40.7 Å². The van der Waals surface area contributed by atoms with Gasteiger partial charge in [0.1, 0.15) is 10.9 Å². The Hall–Kier alpha value is -3.21. The first-order valence-electron chi connectivity index (χ1n) is 10.2. The molecule has 1 saturated heterocycles. The summed E-state index contributed by atoms with van der Waals surface area (Å²) < 4.78 is 0.262. The van der Waals surface area contributed by atoms with Crippen LogP contribution >= 0.6 is 35.6 Å². The second kappa shape index (κ2) is 9.96. The number of anilines is 2. The highest BCUT2D eigenvalue weighted by atomic mass is 35.5. The third kappa shape index (κ3) is 4.70. The Kier molecular flexibility index (Phi) is 7.01. The van der Waals surface area contributed by atoms with Gasteiger partial charge in [0, 0.05) is 18.5 Å². The molecule has 0 aromatic heterocycles. The van der Waals surface area contributed by atoms with Gasteiger partial charge in [-0.2, -0.15) is 0 Å². The minimum absolute atomic E-state index is 0.0982. The average molecular weight is 516 g/mol. The van der Waals surface area contributed by atoms with E-state index >= 15 is 0 Å². The van der Waals surface area contributed by atoms with Gasteiger partial charge in [0.15, 0.2) is 0 Å². The highest BCUT2D eigenvalue weighted by Gasteiger charge is 2.42. The van der Waals surface area contributed by atoms with Crippen LogP contribution < -0.4 is 10.2 Å². The molecule has 2 aliphatic rings. The number of hydrogen-bond acceptors (Lipinski definition) is 6.